The van der Waals surface area contributed by atoms with Crippen molar-refractivity contribution in [3.63, 3.8) is 0 Å². The van der Waals surface area contributed by atoms with Crippen molar-refractivity contribution < 1.29 is 58.8 Å². The zero-order valence-electron chi connectivity index (χ0n) is 27.6. The van der Waals surface area contributed by atoms with Crippen LogP contribution in [0.4, 0.5) is 0 Å². The monoisotopic (exact) mass is 748 g/mol. The van der Waals surface area contributed by atoms with Crippen LogP contribution >= 0.6 is 21.6 Å². The maximum atomic E-state index is 13.3. The molecule has 4 atom stereocenters. The van der Waals surface area contributed by atoms with E-state index in [1.54, 1.807) is 0 Å². The Morgan fingerprint density at radius 2 is 0.900 bits per heavy atom. The molecule has 0 bridgehead atoms. The summed E-state index contributed by atoms with van der Waals surface area (Å²) in [6.45, 7) is 0. The fourth-order valence-corrected chi connectivity index (χ4v) is 8.06. The van der Waals surface area contributed by atoms with Crippen LogP contribution in [0.15, 0.2) is 0 Å². The molecule has 0 saturated heterocycles. The molecule has 0 aromatic rings. The highest BCUT2D eigenvalue weighted by atomic mass is 33.1. The summed E-state index contributed by atoms with van der Waals surface area (Å²) in [6.07, 6.45) is 3.13. The predicted molar refractivity (Wildman–Crippen MR) is 182 cm³/mol. The number of carbonyl (C=O) groups is 8. The largest absolute Gasteiger partial charge is 0.480 e. The molecule has 2 aliphatic rings. The van der Waals surface area contributed by atoms with Crippen LogP contribution in [0.25, 0.3) is 0 Å². The SMILES string of the molecule is N[C@@H](CCCC(=O)NC(CSSCC(NC(=O)CCC[C@H](N)C(=O)O)C(=O)NC1(C(=O)O)CCCC1)C(=O)NC1(C(=O)O)CCCC1)C(=O)O. The van der Waals surface area contributed by atoms with Gasteiger partial charge in [-0.05, 0) is 51.4 Å². The molecule has 0 aliphatic heterocycles. The van der Waals surface area contributed by atoms with Crippen molar-refractivity contribution in [2.24, 2.45) is 11.5 Å². The molecule has 0 radical (unpaired) electrons. The van der Waals surface area contributed by atoms with Gasteiger partial charge in [0.1, 0.15) is 35.2 Å². The van der Waals surface area contributed by atoms with Crippen LogP contribution in [0.2, 0.25) is 0 Å². The van der Waals surface area contributed by atoms with Gasteiger partial charge in [-0.3, -0.25) is 28.8 Å². The smallest absolute Gasteiger partial charge is 0.329 e. The molecule has 2 aliphatic carbocycles. The summed E-state index contributed by atoms with van der Waals surface area (Å²) in [5.41, 5.74) is 8.00. The van der Waals surface area contributed by atoms with Crippen molar-refractivity contribution >= 4 is 69.1 Å². The quantitative estimate of drug-likeness (QED) is 0.0466. The van der Waals surface area contributed by atoms with Gasteiger partial charge in [-0.25, -0.2) is 9.59 Å². The molecule has 12 N–H and O–H groups in total. The Balaban J connectivity index is 2.12. The van der Waals surface area contributed by atoms with Gasteiger partial charge in [0, 0.05) is 24.3 Å². The van der Waals surface area contributed by atoms with Crippen LogP contribution < -0.4 is 32.7 Å². The molecule has 2 fully saturated rings. The van der Waals surface area contributed by atoms with Gasteiger partial charge in [0.2, 0.25) is 23.6 Å². The number of carbonyl (C=O) groups excluding carboxylic acids is 4. The summed E-state index contributed by atoms with van der Waals surface area (Å²) >= 11 is 0. The zero-order chi connectivity index (χ0) is 37.5. The first kappa shape index (κ1) is 42.5. The van der Waals surface area contributed by atoms with E-state index in [1.807, 2.05) is 0 Å². The predicted octanol–water partition coefficient (Wildman–Crippen LogP) is -0.471. The van der Waals surface area contributed by atoms with Gasteiger partial charge >= 0.3 is 23.9 Å². The summed E-state index contributed by atoms with van der Waals surface area (Å²) in [6, 6.07) is -4.78. The van der Waals surface area contributed by atoms with Crippen LogP contribution in [0.1, 0.15) is 89.9 Å². The molecule has 2 unspecified atom stereocenters. The van der Waals surface area contributed by atoms with E-state index >= 15 is 0 Å². The molecular weight excluding hydrogens is 700 g/mol. The molecule has 2 rings (SSSR count). The first-order valence-corrected chi connectivity index (χ1v) is 18.9. The lowest BCUT2D eigenvalue weighted by Crippen LogP contribution is -2.59. The van der Waals surface area contributed by atoms with E-state index in [0.29, 0.717) is 25.7 Å². The molecule has 0 spiro atoms. The Morgan fingerprint density at radius 1 is 0.580 bits per heavy atom. The fourth-order valence-electron chi connectivity index (χ4n) is 5.73. The van der Waals surface area contributed by atoms with E-state index in [-0.39, 0.29) is 75.7 Å². The maximum Gasteiger partial charge on any atom is 0.329 e. The van der Waals surface area contributed by atoms with E-state index in [1.165, 1.54) is 0 Å². The van der Waals surface area contributed by atoms with Gasteiger partial charge in [0.05, 0.1) is 0 Å². The molecule has 50 heavy (non-hydrogen) atoms. The van der Waals surface area contributed by atoms with Gasteiger partial charge < -0.3 is 53.2 Å². The number of carboxylic acids is 4. The van der Waals surface area contributed by atoms with Crippen molar-refractivity contribution in [3.8, 4) is 0 Å². The molecule has 0 aromatic carbocycles. The van der Waals surface area contributed by atoms with Gasteiger partial charge in [0.25, 0.3) is 0 Å². The lowest BCUT2D eigenvalue weighted by atomic mass is 9.97. The topological polar surface area (TPSA) is 318 Å². The minimum atomic E-state index is -1.49. The van der Waals surface area contributed by atoms with Gasteiger partial charge in [-0.2, -0.15) is 0 Å². The van der Waals surface area contributed by atoms with Crippen LogP contribution in [-0.4, -0.2) is 115 Å². The Labute approximate surface area is 296 Å². The highest BCUT2D eigenvalue weighted by Gasteiger charge is 2.45. The Bertz CT molecular complexity index is 1160. The van der Waals surface area contributed by atoms with E-state index in [4.69, 9.17) is 21.7 Å². The van der Waals surface area contributed by atoms with Crippen LogP contribution in [0.3, 0.4) is 0 Å². The van der Waals surface area contributed by atoms with Crippen LogP contribution in [0, 0.1) is 0 Å². The second-order valence-electron chi connectivity index (χ2n) is 12.7. The first-order valence-electron chi connectivity index (χ1n) is 16.4. The molecule has 0 heterocycles. The number of nitrogens with two attached hydrogens (primary N) is 2. The molecule has 18 nitrogen and oxygen atoms in total. The standard InChI is InChI=1S/C30H48N6O12S2/c31-17(25(41)42)7-5-9-21(37)33-19(23(39)35-29(27(45)46)11-1-2-12-29)15-49-50-16-20(34-22(38)10-6-8-18(32)26(43)44)24(40)36-30(28(47)48)13-3-4-14-30/h17-20H,1-16,31-32H2,(H,33,37)(H,34,38)(H,35,39)(H,36,40)(H,41,42)(H,43,44)(H,45,46)(H,47,48)/t17-,18-,19?,20?/m0/s1. The van der Waals surface area contributed by atoms with Gasteiger partial charge in [-0.15, -0.1) is 0 Å². The Kier molecular flexibility index (Phi) is 17.3. The number of rotatable bonds is 23. The first-order chi connectivity index (χ1) is 23.5. The highest BCUT2D eigenvalue weighted by molar-refractivity contribution is 8.76. The van der Waals surface area contributed by atoms with Crippen molar-refractivity contribution in [1.29, 1.82) is 0 Å². The maximum absolute atomic E-state index is 13.3. The second-order valence-corrected chi connectivity index (χ2v) is 15.2. The fraction of sp³-hybridized carbons (Fsp3) is 0.733. The summed E-state index contributed by atoms with van der Waals surface area (Å²) in [5.74, 6) is -7.71. The molecule has 282 valence electrons. The number of aliphatic carboxylic acids is 4. The molecule has 0 aromatic heterocycles. The Hall–Kier alpha value is -3.62. The van der Waals surface area contributed by atoms with E-state index in [2.05, 4.69) is 21.3 Å². The molecule has 20 heteroatoms. The lowest BCUT2D eigenvalue weighted by Gasteiger charge is -2.29. The zero-order valence-corrected chi connectivity index (χ0v) is 29.3. The number of carboxylic acid groups (broad SMARTS) is 4. The van der Waals surface area contributed by atoms with Crippen molar-refractivity contribution in [1.82, 2.24) is 21.3 Å². The number of hydrogen-bond acceptors (Lipinski definition) is 12. The summed E-state index contributed by atoms with van der Waals surface area (Å²) < 4.78 is 0. The third-order valence-corrected chi connectivity index (χ3v) is 11.2. The third kappa shape index (κ3) is 13.3. The highest BCUT2D eigenvalue weighted by Crippen LogP contribution is 2.32. The third-order valence-electron chi connectivity index (χ3n) is 8.79. The number of amides is 4. The summed E-state index contributed by atoms with van der Waals surface area (Å²) in [5, 5.41) is 47.9. The van der Waals surface area contributed by atoms with Crippen LogP contribution in [-0.2, 0) is 38.4 Å². The molecule has 2 saturated carbocycles. The summed E-state index contributed by atoms with van der Waals surface area (Å²) in [7, 11) is 2.08. The minimum Gasteiger partial charge on any atom is -0.480 e. The Morgan fingerprint density at radius 3 is 1.18 bits per heavy atom. The van der Waals surface area contributed by atoms with Crippen molar-refractivity contribution in [3.05, 3.63) is 0 Å². The lowest BCUT2D eigenvalue weighted by molar-refractivity contribution is -0.148. The second kappa shape index (κ2) is 20.3. The normalized spacial score (nSPS) is 18.5. The molecular formula is C30H48N6O12S2. The molecule has 4 amide bonds. The van der Waals surface area contributed by atoms with Crippen molar-refractivity contribution in [2.45, 2.75) is 125 Å². The van der Waals surface area contributed by atoms with Crippen LogP contribution in [0.5, 0.6) is 0 Å². The van der Waals surface area contributed by atoms with Crippen molar-refractivity contribution in [2.75, 3.05) is 11.5 Å². The van der Waals surface area contributed by atoms with Gasteiger partial charge in [0.15, 0.2) is 0 Å². The average Bonchev–Trinajstić information content (AvgIpc) is 3.73. The minimum absolute atomic E-state index is 0.0110. The van der Waals surface area contributed by atoms with E-state index in [0.717, 1.165) is 21.6 Å². The number of hydrogen-bond donors (Lipinski definition) is 10. The van der Waals surface area contributed by atoms with E-state index < -0.39 is 82.8 Å². The number of nitrogens with one attached hydrogen (secondary N) is 4. The average molecular weight is 749 g/mol. The summed E-state index contributed by atoms with van der Waals surface area (Å²) in [4.78, 5) is 98.2. The van der Waals surface area contributed by atoms with E-state index in [9.17, 15) is 48.6 Å². The van der Waals surface area contributed by atoms with Gasteiger partial charge in [-0.1, -0.05) is 47.3 Å².